The van der Waals surface area contributed by atoms with Crippen molar-refractivity contribution in [1.82, 2.24) is 0 Å². The first-order valence-electron chi connectivity index (χ1n) is 2.99. The van der Waals surface area contributed by atoms with Crippen LogP contribution in [0, 0.1) is 5.92 Å². The molecule has 0 bridgehead atoms. The summed E-state index contributed by atoms with van der Waals surface area (Å²) in [4.78, 5) is 0. The minimum atomic E-state index is 0.00750. The third-order valence-corrected chi connectivity index (χ3v) is 1.39. The van der Waals surface area contributed by atoms with E-state index >= 15 is 0 Å². The second-order valence-corrected chi connectivity index (χ2v) is 2.37. The van der Waals surface area contributed by atoms with Gasteiger partial charge in [0.15, 0.2) is 5.76 Å². The molecule has 2 nitrogen and oxygen atoms in total. The van der Waals surface area contributed by atoms with Gasteiger partial charge in [0.1, 0.15) is 5.76 Å². The molecule has 0 spiro atoms. The van der Waals surface area contributed by atoms with Crippen LogP contribution in [0.5, 0.6) is 0 Å². The summed E-state index contributed by atoms with van der Waals surface area (Å²) < 4.78 is 0. The van der Waals surface area contributed by atoms with Crippen LogP contribution in [0.4, 0.5) is 0 Å². The van der Waals surface area contributed by atoms with Gasteiger partial charge in [-0.25, -0.2) is 0 Å². The van der Waals surface area contributed by atoms with Crippen molar-refractivity contribution in [3.63, 3.8) is 0 Å². The van der Waals surface area contributed by atoms with Crippen LogP contribution >= 0.6 is 0 Å². The maximum atomic E-state index is 8.93. The molecule has 0 unspecified atom stereocenters. The van der Waals surface area contributed by atoms with Crippen LogP contribution in [0.2, 0.25) is 0 Å². The van der Waals surface area contributed by atoms with Crippen molar-refractivity contribution < 1.29 is 10.2 Å². The first-order chi connectivity index (χ1) is 4.20. The maximum absolute atomic E-state index is 8.93. The molecule has 0 aromatic heterocycles. The van der Waals surface area contributed by atoms with Crippen LogP contribution in [0.3, 0.4) is 0 Å². The number of aliphatic hydroxyl groups is 2. The molecule has 2 N–H and O–H groups in total. The van der Waals surface area contributed by atoms with Crippen LogP contribution in [0.1, 0.15) is 13.3 Å². The summed E-state index contributed by atoms with van der Waals surface area (Å²) in [6.45, 7) is 1.99. The lowest BCUT2D eigenvalue weighted by Gasteiger charge is -2.10. The molecule has 0 aromatic carbocycles. The molecule has 50 valence electrons. The summed E-state index contributed by atoms with van der Waals surface area (Å²) in [6, 6.07) is 0. The van der Waals surface area contributed by atoms with E-state index in [2.05, 4.69) is 0 Å². The first-order valence-corrected chi connectivity index (χ1v) is 2.99. The highest BCUT2D eigenvalue weighted by molar-refractivity contribution is 5.19. The number of aliphatic hydroxyl groups excluding tert-OH is 2. The SMILES string of the molecule is C[C@H]1C=CC(O)=C(O)C1. The Hall–Kier alpha value is -0.920. The summed E-state index contributed by atoms with van der Waals surface area (Å²) in [7, 11) is 0. The number of hydrogen-bond acceptors (Lipinski definition) is 2. The second kappa shape index (κ2) is 2.13. The minimum absolute atomic E-state index is 0.00750. The second-order valence-electron chi connectivity index (χ2n) is 2.37. The van der Waals surface area contributed by atoms with Crippen molar-refractivity contribution in [3.05, 3.63) is 23.7 Å². The van der Waals surface area contributed by atoms with Gasteiger partial charge in [0.25, 0.3) is 0 Å². The Morgan fingerprint density at radius 2 is 2.22 bits per heavy atom. The first kappa shape index (κ1) is 6.20. The Morgan fingerprint density at radius 1 is 1.56 bits per heavy atom. The average Bonchev–Trinajstić information content (AvgIpc) is 1.80. The molecular formula is C7H10O2. The monoisotopic (exact) mass is 126 g/mol. The molecule has 0 amide bonds. The molecular weight excluding hydrogens is 116 g/mol. The third-order valence-electron chi connectivity index (χ3n) is 1.39. The van der Waals surface area contributed by atoms with Gasteiger partial charge in [-0.3, -0.25) is 0 Å². The van der Waals surface area contributed by atoms with Crippen molar-refractivity contribution >= 4 is 0 Å². The Kier molecular flexibility index (Phi) is 1.47. The molecule has 0 saturated heterocycles. The van der Waals surface area contributed by atoms with Crippen LogP contribution in [-0.2, 0) is 0 Å². The number of allylic oxidation sites excluding steroid dienone is 3. The fourth-order valence-electron chi connectivity index (χ4n) is 0.829. The third kappa shape index (κ3) is 1.25. The molecule has 0 saturated carbocycles. The van der Waals surface area contributed by atoms with E-state index < -0.39 is 0 Å². The molecule has 0 aliphatic heterocycles. The van der Waals surface area contributed by atoms with E-state index in [1.807, 2.05) is 13.0 Å². The lowest BCUT2D eigenvalue weighted by Crippen LogP contribution is -2.00. The van der Waals surface area contributed by atoms with Crippen molar-refractivity contribution in [2.75, 3.05) is 0 Å². The Balaban J connectivity index is 2.75. The summed E-state index contributed by atoms with van der Waals surface area (Å²) in [5, 5.41) is 17.8. The van der Waals surface area contributed by atoms with Crippen molar-refractivity contribution in [2.45, 2.75) is 13.3 Å². The zero-order chi connectivity index (χ0) is 6.85. The highest BCUT2D eigenvalue weighted by Crippen LogP contribution is 2.18. The molecule has 0 fully saturated rings. The van der Waals surface area contributed by atoms with Gasteiger partial charge >= 0.3 is 0 Å². The zero-order valence-electron chi connectivity index (χ0n) is 5.33. The summed E-state index contributed by atoms with van der Waals surface area (Å²) in [5.74, 6) is 0.457. The summed E-state index contributed by atoms with van der Waals surface area (Å²) >= 11 is 0. The molecule has 1 rings (SSSR count). The van der Waals surface area contributed by atoms with E-state index in [1.165, 1.54) is 6.08 Å². The van der Waals surface area contributed by atoms with Crippen molar-refractivity contribution in [1.29, 1.82) is 0 Å². The smallest absolute Gasteiger partial charge is 0.152 e. The quantitative estimate of drug-likeness (QED) is 0.520. The van der Waals surface area contributed by atoms with E-state index in [0.29, 0.717) is 12.3 Å². The highest BCUT2D eigenvalue weighted by atomic mass is 16.3. The molecule has 0 aromatic rings. The summed E-state index contributed by atoms with van der Waals surface area (Å²) in [5.41, 5.74) is 0. The number of hydrogen-bond donors (Lipinski definition) is 2. The standard InChI is InChI=1S/C7H10O2/c1-5-2-3-6(8)7(9)4-5/h2-3,5,8-9H,4H2,1H3/t5-/m0/s1. The van der Waals surface area contributed by atoms with Gasteiger partial charge < -0.3 is 10.2 Å². The molecule has 0 heterocycles. The van der Waals surface area contributed by atoms with Gasteiger partial charge in [0, 0.05) is 6.42 Å². The van der Waals surface area contributed by atoms with Gasteiger partial charge in [0.2, 0.25) is 0 Å². The minimum Gasteiger partial charge on any atom is -0.508 e. The maximum Gasteiger partial charge on any atom is 0.152 e. The predicted octanol–water partition coefficient (Wildman–Crippen LogP) is 1.91. The molecule has 1 aliphatic carbocycles. The lowest BCUT2D eigenvalue weighted by molar-refractivity contribution is 0.306. The lowest BCUT2D eigenvalue weighted by atomic mass is 10.0. The normalized spacial score (nSPS) is 27.0. The topological polar surface area (TPSA) is 40.5 Å². The van der Waals surface area contributed by atoms with Crippen LogP contribution < -0.4 is 0 Å². The zero-order valence-corrected chi connectivity index (χ0v) is 5.33. The van der Waals surface area contributed by atoms with E-state index in [-0.39, 0.29) is 11.5 Å². The molecule has 2 heteroatoms. The van der Waals surface area contributed by atoms with Crippen molar-refractivity contribution in [3.8, 4) is 0 Å². The van der Waals surface area contributed by atoms with Gasteiger partial charge in [-0.2, -0.15) is 0 Å². The molecule has 1 aliphatic rings. The van der Waals surface area contributed by atoms with E-state index in [4.69, 9.17) is 10.2 Å². The van der Waals surface area contributed by atoms with Gasteiger partial charge in [-0.05, 0) is 12.0 Å². The van der Waals surface area contributed by atoms with E-state index in [0.717, 1.165) is 0 Å². The van der Waals surface area contributed by atoms with Gasteiger partial charge in [0.05, 0.1) is 0 Å². The Labute approximate surface area is 54.1 Å². The Bertz CT molecular complexity index is 168. The molecule has 1 atom stereocenters. The largest absolute Gasteiger partial charge is 0.508 e. The van der Waals surface area contributed by atoms with Gasteiger partial charge in [-0.15, -0.1) is 0 Å². The fraction of sp³-hybridized carbons (Fsp3) is 0.429. The number of rotatable bonds is 0. The van der Waals surface area contributed by atoms with E-state index in [9.17, 15) is 0 Å². The van der Waals surface area contributed by atoms with Crippen LogP contribution in [0.15, 0.2) is 23.7 Å². The van der Waals surface area contributed by atoms with Crippen LogP contribution in [0.25, 0.3) is 0 Å². The Morgan fingerprint density at radius 3 is 2.67 bits per heavy atom. The van der Waals surface area contributed by atoms with Crippen molar-refractivity contribution in [2.24, 2.45) is 5.92 Å². The van der Waals surface area contributed by atoms with E-state index in [1.54, 1.807) is 0 Å². The fourth-order valence-corrected chi connectivity index (χ4v) is 0.829. The average molecular weight is 126 g/mol. The predicted molar refractivity (Wildman–Crippen MR) is 35.2 cm³/mol. The van der Waals surface area contributed by atoms with Crippen LogP contribution in [-0.4, -0.2) is 10.2 Å². The van der Waals surface area contributed by atoms with Gasteiger partial charge in [-0.1, -0.05) is 13.0 Å². The highest BCUT2D eigenvalue weighted by Gasteiger charge is 2.09. The summed E-state index contributed by atoms with van der Waals surface area (Å²) in [6.07, 6.45) is 3.96. The molecule has 0 radical (unpaired) electrons. The molecule has 9 heavy (non-hydrogen) atoms.